The van der Waals surface area contributed by atoms with Gasteiger partial charge in [-0.25, -0.2) is 0 Å². The normalized spacial score (nSPS) is 31.9. The van der Waals surface area contributed by atoms with E-state index in [2.05, 4.69) is 0 Å². The van der Waals surface area contributed by atoms with Crippen molar-refractivity contribution in [2.75, 3.05) is 0 Å². The molecular formula is C22H22O6. The van der Waals surface area contributed by atoms with Crippen LogP contribution >= 0.6 is 0 Å². The molecule has 1 N–H and O–H groups in total. The summed E-state index contributed by atoms with van der Waals surface area (Å²) in [6.45, 7) is 3.15. The molecule has 0 spiro atoms. The van der Waals surface area contributed by atoms with E-state index in [9.17, 15) is 29.1 Å². The highest BCUT2D eigenvalue weighted by atomic mass is 16.3. The Labute approximate surface area is 162 Å². The number of ketones is 5. The zero-order chi connectivity index (χ0) is 20.3. The summed E-state index contributed by atoms with van der Waals surface area (Å²) in [5.41, 5.74) is 1.92. The van der Waals surface area contributed by atoms with Gasteiger partial charge in [-0.05, 0) is 55.2 Å². The summed E-state index contributed by atoms with van der Waals surface area (Å²) in [5, 5.41) is 10.3. The number of carbonyl (C=O) groups excluding carboxylic acids is 5. The molecule has 5 atom stereocenters. The summed E-state index contributed by atoms with van der Waals surface area (Å²) in [5.74, 6) is -6.85. The van der Waals surface area contributed by atoms with Crippen molar-refractivity contribution in [3.8, 4) is 5.75 Å². The third-order valence-electron chi connectivity index (χ3n) is 6.71. The quantitative estimate of drug-likeness (QED) is 0.783. The van der Waals surface area contributed by atoms with Crippen molar-refractivity contribution < 1.29 is 29.1 Å². The molecule has 0 radical (unpaired) electrons. The summed E-state index contributed by atoms with van der Waals surface area (Å²) in [4.78, 5) is 63.3. The summed E-state index contributed by atoms with van der Waals surface area (Å²) in [7, 11) is 0. The van der Waals surface area contributed by atoms with Crippen LogP contribution in [0.5, 0.6) is 5.75 Å². The van der Waals surface area contributed by atoms with Crippen molar-refractivity contribution in [1.82, 2.24) is 0 Å². The Bertz CT molecular complexity index is 943. The minimum absolute atomic E-state index is 0.0251. The number of fused-ring (bicyclic) bond motifs is 3. The molecule has 5 unspecified atom stereocenters. The lowest BCUT2D eigenvalue weighted by Gasteiger charge is -2.44. The van der Waals surface area contributed by atoms with Gasteiger partial charge < -0.3 is 5.11 Å². The Morgan fingerprint density at radius 2 is 1.71 bits per heavy atom. The molecule has 2 fully saturated rings. The van der Waals surface area contributed by atoms with Crippen LogP contribution in [0.15, 0.2) is 12.1 Å². The molecule has 0 saturated heterocycles. The Hall–Kier alpha value is -2.63. The van der Waals surface area contributed by atoms with Gasteiger partial charge in [-0.1, -0.05) is 13.0 Å². The molecule has 4 rings (SSSR count). The Morgan fingerprint density at radius 3 is 2.36 bits per heavy atom. The Morgan fingerprint density at radius 1 is 1.04 bits per heavy atom. The molecule has 0 amide bonds. The highest BCUT2D eigenvalue weighted by molar-refractivity contribution is 6.27. The minimum Gasteiger partial charge on any atom is -0.507 e. The van der Waals surface area contributed by atoms with Gasteiger partial charge in [-0.3, -0.25) is 24.0 Å². The lowest BCUT2D eigenvalue weighted by molar-refractivity contribution is -0.152. The van der Waals surface area contributed by atoms with E-state index in [1.165, 1.54) is 13.0 Å². The maximum atomic E-state index is 13.2. The minimum atomic E-state index is -1.38. The zero-order valence-corrected chi connectivity index (χ0v) is 15.9. The third kappa shape index (κ3) is 2.50. The van der Waals surface area contributed by atoms with Crippen LogP contribution < -0.4 is 0 Å². The summed E-state index contributed by atoms with van der Waals surface area (Å²) in [6.07, 6.45) is 1.62. The van der Waals surface area contributed by atoms with E-state index in [1.807, 2.05) is 6.92 Å². The summed E-state index contributed by atoms with van der Waals surface area (Å²) in [6, 6.07) is 3.27. The monoisotopic (exact) mass is 382 g/mol. The van der Waals surface area contributed by atoms with Crippen molar-refractivity contribution in [3.05, 3.63) is 28.8 Å². The van der Waals surface area contributed by atoms with E-state index >= 15 is 0 Å². The Balaban J connectivity index is 1.77. The van der Waals surface area contributed by atoms with Gasteiger partial charge >= 0.3 is 0 Å². The molecule has 3 aliphatic carbocycles. The molecule has 0 heterocycles. The number of rotatable bonds is 2. The molecular weight excluding hydrogens is 360 g/mol. The molecule has 6 heteroatoms. The van der Waals surface area contributed by atoms with E-state index in [4.69, 9.17) is 0 Å². The smallest absolute Gasteiger partial charge is 0.177 e. The number of aryl methyl sites for hydroxylation is 1. The summed E-state index contributed by atoms with van der Waals surface area (Å²) < 4.78 is 0. The van der Waals surface area contributed by atoms with Crippen LogP contribution in [0, 0.1) is 29.6 Å². The number of phenols is 1. The molecule has 3 aliphatic rings. The maximum absolute atomic E-state index is 13.2. The van der Waals surface area contributed by atoms with Crippen molar-refractivity contribution >= 4 is 28.9 Å². The van der Waals surface area contributed by atoms with Gasteiger partial charge in [0.05, 0.1) is 17.4 Å². The molecule has 1 aromatic rings. The Kier molecular flexibility index (Phi) is 4.32. The van der Waals surface area contributed by atoms with Crippen LogP contribution in [0.4, 0.5) is 0 Å². The highest BCUT2D eigenvalue weighted by Gasteiger charge is 2.57. The van der Waals surface area contributed by atoms with Gasteiger partial charge in [-0.15, -0.1) is 0 Å². The predicted octanol–water partition coefficient (Wildman–Crippen LogP) is 1.88. The third-order valence-corrected chi connectivity index (χ3v) is 6.71. The van der Waals surface area contributed by atoms with Crippen molar-refractivity contribution in [2.45, 2.75) is 39.5 Å². The van der Waals surface area contributed by atoms with Crippen LogP contribution in [-0.2, 0) is 32.0 Å². The number of Topliss-reactive ketones (excluding diaryl/α,β-unsaturated/α-hetero) is 5. The average molecular weight is 382 g/mol. The second-order valence-corrected chi connectivity index (χ2v) is 8.25. The molecule has 0 bridgehead atoms. The fourth-order valence-corrected chi connectivity index (χ4v) is 5.51. The number of hydrogen-bond donors (Lipinski definition) is 1. The van der Waals surface area contributed by atoms with Gasteiger partial charge in [0, 0.05) is 6.42 Å². The fraction of sp³-hybridized carbons (Fsp3) is 0.500. The van der Waals surface area contributed by atoms with Crippen molar-refractivity contribution in [1.29, 1.82) is 0 Å². The number of hydrogen-bond acceptors (Lipinski definition) is 6. The van der Waals surface area contributed by atoms with Crippen LogP contribution in [0.2, 0.25) is 0 Å². The largest absolute Gasteiger partial charge is 0.507 e. The molecule has 28 heavy (non-hydrogen) atoms. The number of aromatic hydroxyl groups is 1. The standard InChI is InChI=1S/C22H22O6/c1-3-10-4-5-14(24)19-13(10)7-11-6-12-8-15(25)16(9(2)23)20(26)18(12)21(27)17(11)22(19)28/h4-5,11-12,16-18,24H,3,6-8H2,1-2H3. The van der Waals surface area contributed by atoms with E-state index in [0.717, 1.165) is 11.1 Å². The highest BCUT2D eigenvalue weighted by Crippen LogP contribution is 2.48. The van der Waals surface area contributed by atoms with E-state index in [0.29, 0.717) is 19.3 Å². The van der Waals surface area contributed by atoms with Crippen LogP contribution in [0.1, 0.15) is 48.2 Å². The lowest BCUT2D eigenvalue weighted by Crippen LogP contribution is -2.55. The van der Waals surface area contributed by atoms with Gasteiger partial charge in [0.15, 0.2) is 23.1 Å². The topological polar surface area (TPSA) is 106 Å². The second kappa shape index (κ2) is 6.47. The first-order valence-electron chi connectivity index (χ1n) is 9.74. The molecule has 2 saturated carbocycles. The molecule has 146 valence electrons. The number of benzene rings is 1. The second-order valence-electron chi connectivity index (χ2n) is 8.25. The zero-order valence-electron chi connectivity index (χ0n) is 15.9. The first-order chi connectivity index (χ1) is 13.3. The predicted molar refractivity (Wildman–Crippen MR) is 97.9 cm³/mol. The lowest BCUT2D eigenvalue weighted by atomic mass is 9.55. The van der Waals surface area contributed by atoms with Crippen molar-refractivity contribution in [2.24, 2.45) is 29.6 Å². The van der Waals surface area contributed by atoms with Crippen LogP contribution in [0.3, 0.4) is 0 Å². The number of phenolic OH excluding ortho intramolecular Hbond substituents is 1. The molecule has 1 aromatic carbocycles. The van der Waals surface area contributed by atoms with Crippen LogP contribution in [-0.4, -0.2) is 34.0 Å². The first-order valence-corrected chi connectivity index (χ1v) is 9.74. The average Bonchev–Trinajstić information content (AvgIpc) is 2.60. The molecule has 0 aromatic heterocycles. The maximum Gasteiger partial charge on any atom is 0.177 e. The molecule has 0 aliphatic heterocycles. The SMILES string of the molecule is CCc1ccc(O)c2c1CC1CC3CC(=O)C(C(C)=O)C(=O)C3C(=O)C1C2=O. The van der Waals surface area contributed by atoms with Crippen molar-refractivity contribution in [3.63, 3.8) is 0 Å². The van der Waals surface area contributed by atoms with Gasteiger partial charge in [0.1, 0.15) is 17.5 Å². The van der Waals surface area contributed by atoms with Gasteiger partial charge in [0.2, 0.25) is 0 Å². The molecule has 6 nitrogen and oxygen atoms in total. The van der Waals surface area contributed by atoms with Crippen LogP contribution in [0.25, 0.3) is 0 Å². The fourth-order valence-electron chi connectivity index (χ4n) is 5.51. The van der Waals surface area contributed by atoms with Gasteiger partial charge in [-0.2, -0.15) is 0 Å². The van der Waals surface area contributed by atoms with E-state index < -0.39 is 52.6 Å². The summed E-state index contributed by atoms with van der Waals surface area (Å²) >= 11 is 0. The van der Waals surface area contributed by atoms with Gasteiger partial charge in [0.25, 0.3) is 0 Å². The van der Waals surface area contributed by atoms with E-state index in [-0.39, 0.29) is 23.7 Å². The number of carbonyl (C=O) groups is 5. The van der Waals surface area contributed by atoms with E-state index in [1.54, 1.807) is 6.07 Å². The first kappa shape index (κ1) is 18.7.